The highest BCUT2D eigenvalue weighted by Gasteiger charge is 2.33. The number of methoxy groups -OCH3 is 2. The predicted molar refractivity (Wildman–Crippen MR) is 123 cm³/mol. The zero-order chi connectivity index (χ0) is 23.7. The fraction of sp³-hybridized carbons (Fsp3) is 0.261. The number of fused-ring (bicyclic) bond motifs is 5. The van der Waals surface area contributed by atoms with E-state index in [-0.39, 0.29) is 30.3 Å². The third-order valence-corrected chi connectivity index (χ3v) is 5.55. The van der Waals surface area contributed by atoms with Gasteiger partial charge in [-0.15, -0.1) is 0 Å². The van der Waals surface area contributed by atoms with Crippen LogP contribution in [0.3, 0.4) is 0 Å². The Labute approximate surface area is 188 Å². The summed E-state index contributed by atoms with van der Waals surface area (Å²) >= 11 is 0. The number of azide groups is 1. The van der Waals surface area contributed by atoms with Gasteiger partial charge in [0.2, 0.25) is 5.91 Å². The van der Waals surface area contributed by atoms with Crippen LogP contribution >= 0.6 is 0 Å². The molecular weight excluding hydrogens is 426 g/mol. The summed E-state index contributed by atoms with van der Waals surface area (Å²) in [6, 6.07) is 8.23. The average molecular weight is 447 g/mol. The minimum Gasteiger partial charge on any atom is -0.493 e. The van der Waals surface area contributed by atoms with Crippen molar-refractivity contribution in [1.82, 2.24) is 4.57 Å². The van der Waals surface area contributed by atoms with Crippen molar-refractivity contribution in [3.05, 3.63) is 62.3 Å². The molecule has 4 rings (SSSR count). The Morgan fingerprint density at radius 3 is 2.42 bits per heavy atom. The third kappa shape index (κ3) is 3.66. The van der Waals surface area contributed by atoms with Crippen molar-refractivity contribution >= 4 is 28.2 Å². The van der Waals surface area contributed by atoms with E-state index < -0.39 is 0 Å². The molecule has 0 saturated heterocycles. The first-order valence-corrected chi connectivity index (χ1v) is 10.2. The van der Waals surface area contributed by atoms with Crippen LogP contribution in [0.1, 0.15) is 29.3 Å². The quantitative estimate of drug-likeness (QED) is 0.198. The maximum absolute atomic E-state index is 13.6. The lowest BCUT2D eigenvalue weighted by atomic mass is 10.0. The van der Waals surface area contributed by atoms with Crippen LogP contribution in [0.2, 0.25) is 0 Å². The van der Waals surface area contributed by atoms with Crippen molar-refractivity contribution in [1.29, 1.82) is 0 Å². The van der Waals surface area contributed by atoms with E-state index in [1.54, 1.807) is 30.3 Å². The van der Waals surface area contributed by atoms with Gasteiger partial charge in [0, 0.05) is 47.1 Å². The van der Waals surface area contributed by atoms with Crippen LogP contribution < -0.4 is 20.3 Å². The number of nitrogens with zero attached hydrogens (tertiary/aromatic N) is 4. The molecule has 0 aliphatic heterocycles. The Hall–Kier alpha value is -4.30. The van der Waals surface area contributed by atoms with E-state index in [2.05, 4.69) is 15.3 Å². The molecule has 0 saturated carbocycles. The van der Waals surface area contributed by atoms with Crippen LogP contribution in [0, 0.1) is 0 Å². The van der Waals surface area contributed by atoms with Gasteiger partial charge < -0.3 is 19.4 Å². The molecule has 3 aromatic rings. The molecule has 10 nitrogen and oxygen atoms in total. The van der Waals surface area contributed by atoms with Gasteiger partial charge in [-0.2, -0.15) is 0 Å². The molecule has 1 heterocycles. The number of hydrogen-bond acceptors (Lipinski definition) is 6. The van der Waals surface area contributed by atoms with E-state index in [0.29, 0.717) is 56.8 Å². The number of carbonyl (C=O) groups is 2. The van der Waals surface area contributed by atoms with Gasteiger partial charge in [-0.3, -0.25) is 14.4 Å². The Morgan fingerprint density at radius 1 is 1.09 bits per heavy atom. The Bertz CT molecular complexity index is 1420. The summed E-state index contributed by atoms with van der Waals surface area (Å²) in [5.74, 6) is 0.261. The number of aromatic nitrogens is 1. The number of rotatable bonds is 7. The number of amides is 1. The zero-order valence-electron chi connectivity index (χ0n) is 18.3. The van der Waals surface area contributed by atoms with E-state index in [1.807, 2.05) is 0 Å². The summed E-state index contributed by atoms with van der Waals surface area (Å²) < 4.78 is 12.3. The van der Waals surface area contributed by atoms with Gasteiger partial charge in [0.1, 0.15) is 0 Å². The van der Waals surface area contributed by atoms with Crippen molar-refractivity contribution in [2.24, 2.45) is 5.11 Å². The first-order valence-electron chi connectivity index (χ1n) is 10.2. The normalized spacial score (nSPS) is 11.5. The van der Waals surface area contributed by atoms with Crippen molar-refractivity contribution in [2.75, 3.05) is 26.1 Å². The summed E-state index contributed by atoms with van der Waals surface area (Å²) in [5, 5.41) is 7.00. The van der Waals surface area contributed by atoms with Crippen molar-refractivity contribution < 1.29 is 19.1 Å². The number of ether oxygens (including phenoxy) is 2. The lowest BCUT2D eigenvalue weighted by Gasteiger charge is -2.16. The van der Waals surface area contributed by atoms with Gasteiger partial charge in [0.15, 0.2) is 17.3 Å². The van der Waals surface area contributed by atoms with Gasteiger partial charge in [-0.1, -0.05) is 11.2 Å². The molecule has 0 unspecified atom stereocenters. The van der Waals surface area contributed by atoms with Crippen molar-refractivity contribution in [3.63, 3.8) is 0 Å². The standard InChI is InChI=1S/C23H21N5O5/c1-12(29)26-13-5-6-14-16(9-13)22(30)20-15-10-18(32-2)19(33-3)11-17(15)23(31)28(21(14)20)8-4-7-25-27-24/h5-6,9-11H,4,7-8H2,1-3H3,(H,26,29). The second-order valence-corrected chi connectivity index (χ2v) is 7.51. The Morgan fingerprint density at radius 2 is 1.79 bits per heavy atom. The number of pyridine rings is 1. The molecule has 1 aromatic heterocycles. The molecule has 0 bridgehead atoms. The number of ketones is 1. The van der Waals surface area contributed by atoms with Gasteiger partial charge in [0.25, 0.3) is 5.56 Å². The van der Waals surface area contributed by atoms with Gasteiger partial charge >= 0.3 is 0 Å². The molecule has 10 heteroatoms. The largest absolute Gasteiger partial charge is 0.493 e. The lowest BCUT2D eigenvalue weighted by molar-refractivity contribution is -0.114. The predicted octanol–water partition coefficient (Wildman–Crippen LogP) is 3.89. The zero-order valence-corrected chi connectivity index (χ0v) is 18.3. The van der Waals surface area contributed by atoms with Crippen LogP contribution in [0.15, 0.2) is 40.2 Å². The molecule has 2 aromatic carbocycles. The second kappa shape index (κ2) is 8.68. The SMILES string of the molecule is COc1cc2c3c(n(CCCN=[N+]=[N-])c(=O)c2cc1OC)-c1ccc(NC(C)=O)cc1C3=O. The summed E-state index contributed by atoms with van der Waals surface area (Å²) in [6.07, 6.45) is 0.419. The summed E-state index contributed by atoms with van der Waals surface area (Å²) in [6.45, 7) is 1.85. The van der Waals surface area contributed by atoms with Crippen LogP contribution in [0.25, 0.3) is 32.5 Å². The molecule has 1 aliphatic carbocycles. The van der Waals surface area contributed by atoms with E-state index in [0.717, 1.165) is 0 Å². The molecule has 168 valence electrons. The number of benzene rings is 2. The number of carbonyl (C=O) groups excluding carboxylic acids is 2. The van der Waals surface area contributed by atoms with Crippen molar-refractivity contribution in [2.45, 2.75) is 19.9 Å². The second-order valence-electron chi connectivity index (χ2n) is 7.51. The first-order chi connectivity index (χ1) is 15.9. The molecule has 1 aliphatic rings. The first kappa shape index (κ1) is 21.9. The molecule has 0 spiro atoms. The number of hydrogen-bond donors (Lipinski definition) is 1. The number of anilines is 1. The highest BCUT2D eigenvalue weighted by Crippen LogP contribution is 2.42. The van der Waals surface area contributed by atoms with Gasteiger partial charge in [-0.25, -0.2) is 0 Å². The van der Waals surface area contributed by atoms with E-state index in [1.165, 1.54) is 25.7 Å². The summed E-state index contributed by atoms with van der Waals surface area (Å²) in [5.41, 5.74) is 10.6. The van der Waals surface area contributed by atoms with Crippen LogP contribution in [0.5, 0.6) is 11.5 Å². The fourth-order valence-corrected chi connectivity index (χ4v) is 4.19. The highest BCUT2D eigenvalue weighted by molar-refractivity contribution is 6.27. The third-order valence-electron chi connectivity index (χ3n) is 5.55. The summed E-state index contributed by atoms with van der Waals surface area (Å²) in [4.78, 5) is 41.4. The minimum absolute atomic E-state index is 0.212. The monoisotopic (exact) mass is 447 g/mol. The van der Waals surface area contributed by atoms with Crippen molar-refractivity contribution in [3.8, 4) is 22.8 Å². The molecule has 0 atom stereocenters. The molecular formula is C23H21N5O5. The van der Waals surface area contributed by atoms with Crippen LogP contribution in [0.4, 0.5) is 5.69 Å². The van der Waals surface area contributed by atoms with Gasteiger partial charge in [-0.05, 0) is 36.2 Å². The summed E-state index contributed by atoms with van der Waals surface area (Å²) in [7, 11) is 2.96. The highest BCUT2D eigenvalue weighted by atomic mass is 16.5. The molecule has 0 fully saturated rings. The smallest absolute Gasteiger partial charge is 0.259 e. The molecule has 1 amide bonds. The van der Waals surface area contributed by atoms with Crippen LogP contribution in [-0.2, 0) is 11.3 Å². The van der Waals surface area contributed by atoms with E-state index in [4.69, 9.17) is 15.0 Å². The topological polar surface area (TPSA) is 135 Å². The van der Waals surface area contributed by atoms with Gasteiger partial charge in [0.05, 0.1) is 30.9 Å². The average Bonchev–Trinajstić information content (AvgIpc) is 3.09. The minimum atomic E-state index is -0.294. The molecule has 0 radical (unpaired) electrons. The Kier molecular flexibility index (Phi) is 5.76. The Balaban J connectivity index is 2.02. The number of nitrogens with one attached hydrogen (secondary N) is 1. The van der Waals surface area contributed by atoms with E-state index >= 15 is 0 Å². The van der Waals surface area contributed by atoms with E-state index in [9.17, 15) is 14.4 Å². The lowest BCUT2D eigenvalue weighted by Crippen LogP contribution is -2.24. The maximum atomic E-state index is 13.6. The van der Waals surface area contributed by atoms with Crippen LogP contribution in [-0.4, -0.2) is 37.0 Å². The molecule has 1 N–H and O–H groups in total. The fourth-order valence-electron chi connectivity index (χ4n) is 4.19. The molecule has 33 heavy (non-hydrogen) atoms. The maximum Gasteiger partial charge on any atom is 0.259 e.